The van der Waals surface area contributed by atoms with Gasteiger partial charge in [-0.1, -0.05) is 19.0 Å². The Morgan fingerprint density at radius 1 is 1.33 bits per heavy atom. The van der Waals surface area contributed by atoms with Crippen LogP contribution in [0.1, 0.15) is 69.6 Å². The Morgan fingerprint density at radius 3 is 2.75 bits per heavy atom. The van der Waals surface area contributed by atoms with Crippen molar-refractivity contribution in [3.63, 3.8) is 0 Å². The predicted molar refractivity (Wildman–Crippen MR) is 90.7 cm³/mol. The lowest BCUT2D eigenvalue weighted by Crippen LogP contribution is -2.40. The van der Waals surface area contributed by atoms with Crippen LogP contribution in [0.3, 0.4) is 0 Å². The smallest absolute Gasteiger partial charge is 0.229 e. The summed E-state index contributed by atoms with van der Waals surface area (Å²) >= 11 is 0. The van der Waals surface area contributed by atoms with Crippen molar-refractivity contribution in [3.8, 4) is 0 Å². The van der Waals surface area contributed by atoms with Crippen LogP contribution in [0, 0.1) is 0 Å². The van der Waals surface area contributed by atoms with Gasteiger partial charge in [0.15, 0.2) is 5.82 Å². The Bertz CT molecular complexity index is 662. The van der Waals surface area contributed by atoms with Crippen LogP contribution in [0.4, 0.5) is 0 Å². The van der Waals surface area contributed by atoms with Gasteiger partial charge in [0.2, 0.25) is 11.8 Å². The molecule has 0 N–H and O–H groups in total. The molecule has 1 fully saturated rings. The number of amides is 1. The quantitative estimate of drug-likeness (QED) is 0.843. The summed E-state index contributed by atoms with van der Waals surface area (Å²) in [4.78, 5) is 19.1. The van der Waals surface area contributed by atoms with Crippen LogP contribution in [0.25, 0.3) is 0 Å². The zero-order valence-corrected chi connectivity index (χ0v) is 14.7. The second kappa shape index (κ2) is 7.20. The van der Waals surface area contributed by atoms with E-state index >= 15 is 0 Å². The van der Waals surface area contributed by atoms with E-state index in [4.69, 9.17) is 4.52 Å². The van der Waals surface area contributed by atoms with Crippen LogP contribution in [0.5, 0.6) is 0 Å². The number of carbonyl (C=O) groups excluding carboxylic acids is 1. The van der Waals surface area contributed by atoms with E-state index in [-0.39, 0.29) is 23.8 Å². The first-order valence-electron chi connectivity index (χ1n) is 8.78. The molecule has 2 aromatic heterocycles. The molecule has 24 heavy (non-hydrogen) atoms. The molecule has 0 saturated carbocycles. The average Bonchev–Trinajstić information content (AvgIpc) is 3.26. The molecule has 2 aromatic rings. The van der Waals surface area contributed by atoms with Crippen LogP contribution in [-0.4, -0.2) is 38.6 Å². The first kappa shape index (κ1) is 16.7. The minimum absolute atomic E-state index is 0.172. The fourth-order valence-corrected chi connectivity index (χ4v) is 3.19. The van der Waals surface area contributed by atoms with E-state index in [2.05, 4.69) is 21.6 Å². The van der Waals surface area contributed by atoms with E-state index in [1.807, 2.05) is 43.3 Å². The van der Waals surface area contributed by atoms with Crippen molar-refractivity contribution in [2.75, 3.05) is 13.1 Å². The van der Waals surface area contributed by atoms with Crippen LogP contribution in [0.2, 0.25) is 0 Å². The Labute approximate surface area is 142 Å². The Balaban J connectivity index is 1.61. The van der Waals surface area contributed by atoms with Crippen molar-refractivity contribution in [3.05, 3.63) is 36.2 Å². The Kier molecular flexibility index (Phi) is 5.02. The number of rotatable bonds is 5. The van der Waals surface area contributed by atoms with Crippen molar-refractivity contribution in [2.45, 2.75) is 57.9 Å². The lowest BCUT2D eigenvalue weighted by atomic mass is 9.97. The molecular formula is C18H26N4O2. The van der Waals surface area contributed by atoms with Crippen LogP contribution < -0.4 is 0 Å². The number of aromatic nitrogens is 3. The molecule has 1 aliphatic heterocycles. The molecule has 1 aliphatic rings. The molecule has 0 radical (unpaired) electrons. The van der Waals surface area contributed by atoms with Gasteiger partial charge in [0, 0.05) is 49.8 Å². The third kappa shape index (κ3) is 3.68. The summed E-state index contributed by atoms with van der Waals surface area (Å²) in [5.41, 5.74) is 0. The normalized spacial score (nSPS) is 19.7. The first-order valence-corrected chi connectivity index (χ1v) is 8.78. The summed E-state index contributed by atoms with van der Waals surface area (Å²) in [6.45, 7) is 7.66. The molecule has 2 unspecified atom stereocenters. The molecule has 3 heterocycles. The number of likely N-dealkylation sites (tertiary alicyclic amines) is 1. The van der Waals surface area contributed by atoms with Crippen molar-refractivity contribution in [1.82, 2.24) is 19.6 Å². The SMILES string of the molecule is CC(C)c1nc(C2CCCN(C(=O)CC(C)n3cccc3)C2)no1. The largest absolute Gasteiger partial charge is 0.351 e. The summed E-state index contributed by atoms with van der Waals surface area (Å²) in [5, 5.41) is 4.13. The monoisotopic (exact) mass is 330 g/mol. The lowest BCUT2D eigenvalue weighted by molar-refractivity contribution is -0.133. The zero-order valence-electron chi connectivity index (χ0n) is 14.7. The van der Waals surface area contributed by atoms with Crippen molar-refractivity contribution in [1.29, 1.82) is 0 Å². The third-order valence-corrected chi connectivity index (χ3v) is 4.70. The van der Waals surface area contributed by atoms with E-state index in [1.165, 1.54) is 0 Å². The summed E-state index contributed by atoms with van der Waals surface area (Å²) in [6, 6.07) is 4.14. The minimum Gasteiger partial charge on any atom is -0.351 e. The van der Waals surface area contributed by atoms with Gasteiger partial charge in [-0.2, -0.15) is 4.98 Å². The van der Waals surface area contributed by atoms with Crippen molar-refractivity contribution in [2.24, 2.45) is 0 Å². The highest BCUT2D eigenvalue weighted by molar-refractivity contribution is 5.76. The summed E-state index contributed by atoms with van der Waals surface area (Å²) in [5.74, 6) is 2.04. The molecule has 6 nitrogen and oxygen atoms in total. The minimum atomic E-state index is 0.172. The summed E-state index contributed by atoms with van der Waals surface area (Å²) in [6.07, 6.45) is 6.52. The Morgan fingerprint density at radius 2 is 2.08 bits per heavy atom. The van der Waals surface area contributed by atoms with Gasteiger partial charge in [-0.05, 0) is 31.9 Å². The molecule has 0 spiro atoms. The maximum absolute atomic E-state index is 12.6. The van der Waals surface area contributed by atoms with Crippen molar-refractivity contribution < 1.29 is 9.32 Å². The number of piperidine rings is 1. The molecular weight excluding hydrogens is 304 g/mol. The molecule has 1 saturated heterocycles. The molecule has 3 rings (SSSR count). The number of carbonyl (C=O) groups is 1. The molecule has 2 atom stereocenters. The van der Waals surface area contributed by atoms with Crippen molar-refractivity contribution >= 4 is 5.91 Å². The highest BCUT2D eigenvalue weighted by Gasteiger charge is 2.28. The van der Waals surface area contributed by atoms with E-state index in [9.17, 15) is 4.79 Å². The fourth-order valence-electron chi connectivity index (χ4n) is 3.19. The van der Waals surface area contributed by atoms with E-state index in [0.717, 1.165) is 25.2 Å². The first-order chi connectivity index (χ1) is 11.5. The third-order valence-electron chi connectivity index (χ3n) is 4.70. The molecule has 1 amide bonds. The van der Waals surface area contributed by atoms with Gasteiger partial charge in [0.25, 0.3) is 0 Å². The van der Waals surface area contributed by atoms with Gasteiger partial charge >= 0.3 is 0 Å². The van der Waals surface area contributed by atoms with Crippen LogP contribution in [0.15, 0.2) is 29.0 Å². The number of hydrogen-bond donors (Lipinski definition) is 0. The predicted octanol–water partition coefficient (Wildman–Crippen LogP) is 3.35. The molecule has 0 aromatic carbocycles. The van der Waals surface area contributed by atoms with Gasteiger partial charge in [-0.25, -0.2) is 0 Å². The highest BCUT2D eigenvalue weighted by Crippen LogP contribution is 2.27. The van der Waals surface area contributed by atoms with Crippen LogP contribution >= 0.6 is 0 Å². The second-order valence-corrected chi connectivity index (χ2v) is 7.01. The number of nitrogens with zero attached hydrogens (tertiary/aromatic N) is 4. The van der Waals surface area contributed by atoms with Gasteiger partial charge in [-0.3, -0.25) is 4.79 Å². The Hall–Kier alpha value is -2.11. The molecule has 130 valence electrons. The maximum atomic E-state index is 12.6. The topological polar surface area (TPSA) is 64.2 Å². The fraction of sp³-hybridized carbons (Fsp3) is 0.611. The lowest BCUT2D eigenvalue weighted by Gasteiger charge is -2.32. The maximum Gasteiger partial charge on any atom is 0.229 e. The standard InChI is InChI=1S/C18H26N4O2/c1-13(2)18-19-17(20-24-18)15-7-6-10-22(12-15)16(23)11-14(3)21-8-4-5-9-21/h4-5,8-9,13-15H,6-7,10-12H2,1-3H3. The summed E-state index contributed by atoms with van der Waals surface area (Å²) in [7, 11) is 0. The molecule has 6 heteroatoms. The zero-order chi connectivity index (χ0) is 17.1. The van der Waals surface area contributed by atoms with Gasteiger partial charge in [0.1, 0.15) is 0 Å². The average molecular weight is 330 g/mol. The van der Waals surface area contributed by atoms with Crippen LogP contribution in [-0.2, 0) is 4.79 Å². The molecule has 0 aliphatic carbocycles. The van der Waals surface area contributed by atoms with Gasteiger partial charge in [0.05, 0.1) is 0 Å². The number of hydrogen-bond acceptors (Lipinski definition) is 4. The molecule has 0 bridgehead atoms. The van der Waals surface area contributed by atoms with E-state index in [1.54, 1.807) is 0 Å². The van der Waals surface area contributed by atoms with Gasteiger partial charge in [-0.15, -0.1) is 0 Å². The second-order valence-electron chi connectivity index (χ2n) is 7.01. The summed E-state index contributed by atoms with van der Waals surface area (Å²) < 4.78 is 7.40. The van der Waals surface area contributed by atoms with E-state index < -0.39 is 0 Å². The highest BCUT2D eigenvalue weighted by atomic mass is 16.5. The van der Waals surface area contributed by atoms with E-state index in [0.29, 0.717) is 18.9 Å². The van der Waals surface area contributed by atoms with Gasteiger partial charge < -0.3 is 14.0 Å².